The van der Waals surface area contributed by atoms with Crippen LogP contribution in [0.5, 0.6) is 5.88 Å². The molecule has 6 amide bonds. The average Bonchev–Trinajstić information content (AvgIpc) is 1.69. The first kappa shape index (κ1) is 84.6. The van der Waals surface area contributed by atoms with E-state index in [9.17, 15) is 52.7 Å². The molecule has 0 saturated heterocycles. The number of esters is 4. The average molecular weight is 1490 g/mol. The molecular weight excluding hydrogens is 1410 g/mol. The largest absolute Gasteiger partial charge is 0.475 e. The van der Waals surface area contributed by atoms with Crippen LogP contribution in [-0.2, 0) is 84.8 Å². The van der Waals surface area contributed by atoms with Gasteiger partial charge >= 0.3 is 48.1 Å². The van der Waals surface area contributed by atoms with Gasteiger partial charge in [-0.1, -0.05) is 4.63 Å². The zero-order chi connectivity index (χ0) is 79.2. The molecule has 8 aromatic rings. The van der Waals surface area contributed by atoms with E-state index >= 15 is 0 Å². The third-order valence-electron chi connectivity index (χ3n) is 12.3. The minimum Gasteiger partial charge on any atom is -0.475 e. The summed E-state index contributed by atoms with van der Waals surface area (Å²) in [6.45, 7) is 21.3. The highest BCUT2D eigenvalue weighted by Crippen LogP contribution is 2.20. The van der Waals surface area contributed by atoms with Crippen molar-refractivity contribution in [3.05, 3.63) is 108 Å². The van der Waals surface area contributed by atoms with Crippen LogP contribution < -0.4 is 36.6 Å². The number of nitrogens with zero attached hydrogens (tertiary/aromatic N) is 16. The first-order valence-corrected chi connectivity index (χ1v) is 31.5. The maximum absolute atomic E-state index is 12.7. The van der Waals surface area contributed by atoms with Crippen molar-refractivity contribution < 1.29 is 91.0 Å². The number of aromatic nitrogens is 15. The number of nitrogens with one attached hydrogen (secondary N) is 7. The van der Waals surface area contributed by atoms with Gasteiger partial charge in [0.1, 0.15) is 22.5 Å². The highest BCUT2D eigenvalue weighted by atomic mass is 35.5. The molecule has 568 valence electrons. The molecule has 0 spiro atoms. The Hall–Kier alpha value is -12.8. The minimum atomic E-state index is -1.16. The Morgan fingerprint density at radius 3 is 1.11 bits per heavy atom. The zero-order valence-corrected chi connectivity index (χ0v) is 62.0. The number of anilines is 6. The van der Waals surface area contributed by atoms with E-state index in [-0.39, 0.29) is 89.0 Å². The fourth-order valence-electron chi connectivity index (χ4n) is 8.22. The third kappa shape index (κ3) is 26.6. The molecule has 0 aliphatic rings. The molecule has 0 aliphatic carbocycles. The number of carbonyl (C=O) groups excluding carboxylic acids is 10. The summed E-state index contributed by atoms with van der Waals surface area (Å²) in [6, 6.07) is 1.57. The van der Waals surface area contributed by atoms with Gasteiger partial charge in [-0.25, -0.2) is 68.3 Å². The Labute approximate surface area is 605 Å². The van der Waals surface area contributed by atoms with Gasteiger partial charge in [0.25, 0.3) is 17.7 Å². The molecule has 0 saturated carbocycles. The molecule has 8 aromatic heterocycles. The van der Waals surface area contributed by atoms with Crippen LogP contribution >= 0.6 is 11.8 Å². The predicted octanol–water partition coefficient (Wildman–Crippen LogP) is 7.64. The molecule has 8 N–H and O–H groups in total. The molecule has 42 nitrogen and oxygen atoms in total. The summed E-state index contributed by atoms with van der Waals surface area (Å²) in [5.74, 6) is -4.68. The molecule has 8 heterocycles. The van der Waals surface area contributed by atoms with E-state index in [0.29, 0.717) is 23.8 Å². The first-order chi connectivity index (χ1) is 48.9. The lowest BCUT2D eigenvalue weighted by Crippen LogP contribution is -2.27. The summed E-state index contributed by atoms with van der Waals surface area (Å²) < 4.78 is 49.0. The van der Waals surface area contributed by atoms with E-state index in [2.05, 4.69) is 83.2 Å². The van der Waals surface area contributed by atoms with Crippen LogP contribution in [0.2, 0.25) is 0 Å². The van der Waals surface area contributed by atoms with Gasteiger partial charge in [-0.2, -0.15) is 10.5 Å². The van der Waals surface area contributed by atoms with Crippen LogP contribution in [0, 0.1) is 5.53 Å². The van der Waals surface area contributed by atoms with E-state index in [0.717, 1.165) is 0 Å². The number of hydrogen-bond acceptors (Lipinski definition) is 27. The van der Waals surface area contributed by atoms with E-state index in [1.807, 2.05) is 0 Å². The van der Waals surface area contributed by atoms with E-state index in [1.54, 1.807) is 159 Å². The number of rotatable bonds is 18. The molecule has 105 heavy (non-hydrogen) atoms. The second-order valence-corrected chi connectivity index (χ2v) is 24.8. The quantitative estimate of drug-likeness (QED) is 0.0232. The van der Waals surface area contributed by atoms with Crippen molar-refractivity contribution in [2.75, 3.05) is 51.7 Å². The number of aromatic carboxylic acids is 1. The lowest BCUT2D eigenvalue weighted by Gasteiger charge is -2.19. The Bertz CT molecular complexity index is 4450. The Balaban J connectivity index is 0.000000305. The fourth-order valence-corrected chi connectivity index (χ4v) is 8.22. The number of halogens is 1. The number of carboxylic acid groups (broad SMARTS) is 1. The molecule has 43 heteroatoms. The number of carbonyl (C=O) groups is 11. The Morgan fingerprint density at radius 1 is 0.429 bits per heavy atom. The maximum atomic E-state index is 12.7. The second kappa shape index (κ2) is 37.2. The van der Waals surface area contributed by atoms with Gasteiger partial charge in [0.2, 0.25) is 40.8 Å². The van der Waals surface area contributed by atoms with Crippen LogP contribution in [0.1, 0.15) is 168 Å². The standard InChI is InChI=1S/C22H28N8O7.C17H24N6O5.C13H16N4O3.C10H15N3O4.ClHN2/c1-8-35-19(32)16-27-14(11-30(16)7)36-20(33)17-24-12(9-29(17)6)25-18(31)15-23-13(10-28(15)5)26-21(34)37-22(2,3)4;1-7-27-15(25)13-19-10(8-23(13)6)20-14(24)12-18-11(9-22(12)5)21-16(26)28-17(2,3)4;1-4-20-13(19)10-7-9(8-17(10)3)15-12(18)11-14-5-6-16(11)2;1-10(2,3)17-9(16)12-6-5-13(4)7(11-6)8(14)15;1-3-2/h9-11H,8H2,1-7H3,(H,25,31)(H,26,34);8-9H,7H2,1-6H3,(H,20,24)(H,21,26);5-8H,4H2,1-3H3,(H,15,18);5H,1-4H3,(H,12,16)(H,14,15);2H. The van der Waals surface area contributed by atoms with E-state index in [4.69, 9.17) is 43.8 Å². The topological polar surface area (TPSA) is 511 Å². The summed E-state index contributed by atoms with van der Waals surface area (Å²) in [5.41, 5.74) is 4.52. The smallest absolute Gasteiger partial charge is 0.413 e. The summed E-state index contributed by atoms with van der Waals surface area (Å²) in [4.78, 5) is 159. The van der Waals surface area contributed by atoms with Gasteiger partial charge in [-0.3, -0.25) is 30.3 Å². The SMILES string of the molecule is CCOC(=O)c1cc(NC(=O)c2nccn2C)cn1C.CCOC(=O)c1nc(NC(=O)c2nc(NC(=O)OC(C)(C)C)cn2C)cn1C.CCOC(=O)c1nc(OC(=O)c2nc(NC(=O)c3nc(NC(=O)OC(C)(C)C)cn3C)cn2C)cn1C.Cn1cc(NC(=O)OC(C)(C)C)nc1C(=O)O.N=NCl. The van der Waals surface area contributed by atoms with E-state index in [1.165, 1.54) is 78.7 Å². The zero-order valence-electron chi connectivity index (χ0n) is 61.2. The van der Waals surface area contributed by atoms with Crippen LogP contribution in [-0.4, -0.2) is 179 Å². The molecule has 8 rings (SSSR count). The summed E-state index contributed by atoms with van der Waals surface area (Å²) in [5, 5.41) is 23.8. The number of hydrogen-bond donors (Lipinski definition) is 8. The highest BCUT2D eigenvalue weighted by Gasteiger charge is 2.27. The highest BCUT2D eigenvalue weighted by molar-refractivity contribution is 6.13. The number of aryl methyl sites for hydroxylation is 8. The molecule has 0 aromatic carbocycles. The van der Waals surface area contributed by atoms with Crippen molar-refractivity contribution in [3.63, 3.8) is 0 Å². The van der Waals surface area contributed by atoms with Crippen molar-refractivity contribution in [2.24, 2.45) is 61.0 Å². The van der Waals surface area contributed by atoms with Crippen LogP contribution in [0.3, 0.4) is 0 Å². The normalized spacial score (nSPS) is 10.8. The monoisotopic (exact) mass is 1490 g/mol. The van der Waals surface area contributed by atoms with Gasteiger partial charge < -0.3 is 90.8 Å². The van der Waals surface area contributed by atoms with Gasteiger partial charge in [0, 0.05) is 106 Å². The Kier molecular flexibility index (Phi) is 30.0. The van der Waals surface area contributed by atoms with Gasteiger partial charge in [-0.05, 0) is 89.2 Å². The summed E-state index contributed by atoms with van der Waals surface area (Å²) in [6.07, 6.45) is 11.3. The minimum absolute atomic E-state index is 0.0270. The van der Waals surface area contributed by atoms with Crippen molar-refractivity contribution in [1.29, 1.82) is 5.53 Å². The van der Waals surface area contributed by atoms with Crippen molar-refractivity contribution >= 4 is 112 Å². The van der Waals surface area contributed by atoms with Crippen LogP contribution in [0.25, 0.3) is 0 Å². The lowest BCUT2D eigenvalue weighted by atomic mass is 10.2. The molecule has 0 fully saturated rings. The number of carboxylic acids is 1. The van der Waals surface area contributed by atoms with Crippen molar-refractivity contribution in [3.8, 4) is 5.88 Å². The number of ether oxygens (including phenoxy) is 7. The summed E-state index contributed by atoms with van der Waals surface area (Å²) in [7, 11) is 12.8. The van der Waals surface area contributed by atoms with E-state index < -0.39 is 76.7 Å². The van der Waals surface area contributed by atoms with Crippen molar-refractivity contribution in [2.45, 2.75) is 99.9 Å². The molecular formula is C62H84ClN23O19. The van der Waals surface area contributed by atoms with Gasteiger partial charge in [0.05, 0.1) is 43.5 Å². The van der Waals surface area contributed by atoms with Gasteiger partial charge in [0.15, 0.2) is 34.9 Å². The fraction of sp³-hybridized carbons (Fsp3) is 0.419. The number of imidazole rings is 7. The molecule has 0 bridgehead atoms. The first-order valence-electron chi connectivity index (χ1n) is 31.1. The molecule has 0 atom stereocenters. The molecule has 0 radical (unpaired) electrons. The van der Waals surface area contributed by atoms with Crippen molar-refractivity contribution in [1.82, 2.24) is 71.4 Å². The summed E-state index contributed by atoms with van der Waals surface area (Å²) >= 11 is 4.29. The van der Waals surface area contributed by atoms with Crippen LogP contribution in [0.15, 0.2) is 66.5 Å². The molecule has 0 unspecified atom stereocenters. The lowest BCUT2D eigenvalue weighted by molar-refractivity contribution is 0.0498. The number of amides is 6. The predicted molar refractivity (Wildman–Crippen MR) is 372 cm³/mol. The third-order valence-corrected chi connectivity index (χ3v) is 12.3. The van der Waals surface area contributed by atoms with Gasteiger partial charge in [-0.15, -0.1) is 0 Å². The van der Waals surface area contributed by atoms with Crippen LogP contribution in [0.4, 0.5) is 49.2 Å². The molecule has 0 aliphatic heterocycles. The maximum Gasteiger partial charge on any atom is 0.413 e. The second-order valence-electron chi connectivity index (χ2n) is 24.6. The Morgan fingerprint density at radius 2 is 0.752 bits per heavy atom.